The Kier molecular flexibility index (Phi) is 5.92. The summed E-state index contributed by atoms with van der Waals surface area (Å²) in [6.45, 7) is 7.96. The first-order valence-electron chi connectivity index (χ1n) is 10.3. The molecule has 2 amide bonds. The third-order valence-corrected chi connectivity index (χ3v) is 5.52. The normalized spacial score (nSPS) is 24.9. The van der Waals surface area contributed by atoms with Crippen LogP contribution in [0.25, 0.3) is 0 Å². The molecule has 1 unspecified atom stereocenters. The van der Waals surface area contributed by atoms with E-state index < -0.39 is 11.7 Å². The molecule has 2 atom stereocenters. The van der Waals surface area contributed by atoms with Gasteiger partial charge in [-0.3, -0.25) is 4.79 Å². The highest BCUT2D eigenvalue weighted by Gasteiger charge is 2.38. The number of carbonyl (C=O) groups is 2. The molecule has 1 saturated carbocycles. The number of hydrogen-bond acceptors (Lipinski definition) is 4. The second-order valence-electron chi connectivity index (χ2n) is 9.28. The van der Waals surface area contributed by atoms with E-state index in [0.717, 1.165) is 12.1 Å². The molecule has 0 N–H and O–H groups in total. The number of imide groups is 1. The first kappa shape index (κ1) is 19.9. The maximum absolute atomic E-state index is 12.9. The number of likely N-dealkylation sites (tertiary alicyclic amines) is 1. The molecule has 6 nitrogen and oxygen atoms in total. The summed E-state index contributed by atoms with van der Waals surface area (Å²) in [5.41, 5.74) is 0.337. The summed E-state index contributed by atoms with van der Waals surface area (Å²) in [7, 11) is 0. The number of imidazole rings is 1. The van der Waals surface area contributed by atoms with Crippen LogP contribution in [0.5, 0.6) is 0 Å². The van der Waals surface area contributed by atoms with E-state index in [1.807, 2.05) is 27.1 Å². The molecule has 2 heterocycles. The SMILES string of the molecule is C[C@H]1CC(Cc2cn(C3CCCCC3)cn2)C(=O)N(C(=O)OC(C)(C)C)C1. The van der Waals surface area contributed by atoms with Gasteiger partial charge in [0.05, 0.1) is 12.0 Å². The molecule has 1 aromatic rings. The maximum Gasteiger partial charge on any atom is 0.417 e. The molecule has 0 radical (unpaired) electrons. The number of rotatable bonds is 3. The predicted octanol–water partition coefficient (Wildman–Crippen LogP) is 4.35. The van der Waals surface area contributed by atoms with E-state index >= 15 is 0 Å². The highest BCUT2D eigenvalue weighted by molar-refractivity contribution is 5.94. The van der Waals surface area contributed by atoms with Crippen molar-refractivity contribution >= 4 is 12.0 Å². The van der Waals surface area contributed by atoms with Gasteiger partial charge in [0, 0.05) is 31.1 Å². The molecular weight excluding hydrogens is 342 g/mol. The van der Waals surface area contributed by atoms with Crippen LogP contribution in [0.15, 0.2) is 12.5 Å². The van der Waals surface area contributed by atoms with Crippen molar-refractivity contribution in [3.8, 4) is 0 Å². The maximum atomic E-state index is 12.9. The molecule has 0 spiro atoms. The Morgan fingerprint density at radius 3 is 2.63 bits per heavy atom. The molecule has 6 heteroatoms. The molecule has 1 aromatic heterocycles. The number of hydrogen-bond donors (Lipinski definition) is 0. The third kappa shape index (κ3) is 5.11. The third-order valence-electron chi connectivity index (χ3n) is 5.52. The van der Waals surface area contributed by atoms with E-state index in [-0.39, 0.29) is 17.7 Å². The molecule has 1 aliphatic carbocycles. The first-order valence-corrected chi connectivity index (χ1v) is 10.3. The van der Waals surface area contributed by atoms with Gasteiger partial charge in [0.2, 0.25) is 5.91 Å². The summed E-state index contributed by atoms with van der Waals surface area (Å²) in [6, 6.07) is 0.541. The predicted molar refractivity (Wildman–Crippen MR) is 103 cm³/mol. The molecule has 3 rings (SSSR count). The Hall–Kier alpha value is -1.85. The van der Waals surface area contributed by atoms with E-state index in [1.165, 1.54) is 37.0 Å². The second-order valence-corrected chi connectivity index (χ2v) is 9.28. The van der Waals surface area contributed by atoms with Crippen molar-refractivity contribution in [2.24, 2.45) is 11.8 Å². The fraction of sp³-hybridized carbons (Fsp3) is 0.762. The van der Waals surface area contributed by atoms with Crippen LogP contribution in [0, 0.1) is 11.8 Å². The largest absolute Gasteiger partial charge is 0.443 e. The van der Waals surface area contributed by atoms with Crippen molar-refractivity contribution in [2.45, 2.75) is 84.3 Å². The van der Waals surface area contributed by atoms with Crippen LogP contribution in [0.1, 0.15) is 78.0 Å². The highest BCUT2D eigenvalue weighted by Crippen LogP contribution is 2.30. The Balaban J connectivity index is 1.66. The molecule has 150 valence electrons. The van der Waals surface area contributed by atoms with Crippen molar-refractivity contribution in [3.63, 3.8) is 0 Å². The van der Waals surface area contributed by atoms with Gasteiger partial charge in [-0.1, -0.05) is 26.2 Å². The molecular formula is C21H33N3O3. The zero-order valence-corrected chi connectivity index (χ0v) is 17.1. The van der Waals surface area contributed by atoms with Crippen LogP contribution >= 0.6 is 0 Å². The average Bonchev–Trinajstić information content (AvgIpc) is 3.05. The van der Waals surface area contributed by atoms with Crippen LogP contribution in [-0.2, 0) is 16.0 Å². The van der Waals surface area contributed by atoms with Crippen molar-refractivity contribution in [2.75, 3.05) is 6.54 Å². The minimum atomic E-state index is -0.605. The molecule has 2 fully saturated rings. The average molecular weight is 376 g/mol. The number of amides is 2. The minimum Gasteiger partial charge on any atom is -0.443 e. The van der Waals surface area contributed by atoms with Crippen molar-refractivity contribution < 1.29 is 14.3 Å². The van der Waals surface area contributed by atoms with Crippen molar-refractivity contribution in [3.05, 3.63) is 18.2 Å². The minimum absolute atomic E-state index is 0.130. The van der Waals surface area contributed by atoms with Gasteiger partial charge >= 0.3 is 6.09 Å². The van der Waals surface area contributed by atoms with Gasteiger partial charge in [-0.15, -0.1) is 0 Å². The molecule has 1 saturated heterocycles. The van der Waals surface area contributed by atoms with Gasteiger partial charge in [-0.2, -0.15) is 0 Å². The number of piperidine rings is 1. The number of aromatic nitrogens is 2. The van der Waals surface area contributed by atoms with Crippen LogP contribution in [-0.4, -0.2) is 38.6 Å². The quantitative estimate of drug-likeness (QED) is 0.788. The summed E-state index contributed by atoms with van der Waals surface area (Å²) in [5, 5.41) is 0. The van der Waals surface area contributed by atoms with Gasteiger partial charge < -0.3 is 9.30 Å². The summed E-state index contributed by atoms with van der Waals surface area (Å²) >= 11 is 0. The Morgan fingerprint density at radius 2 is 1.96 bits per heavy atom. The molecule has 0 bridgehead atoms. The summed E-state index contributed by atoms with van der Waals surface area (Å²) < 4.78 is 7.64. The lowest BCUT2D eigenvalue weighted by atomic mass is 9.87. The number of carbonyl (C=O) groups excluding carboxylic acids is 2. The van der Waals surface area contributed by atoms with E-state index in [0.29, 0.717) is 19.0 Å². The summed E-state index contributed by atoms with van der Waals surface area (Å²) in [6.07, 6.45) is 11.2. The van der Waals surface area contributed by atoms with Gasteiger partial charge in [0.1, 0.15) is 5.60 Å². The van der Waals surface area contributed by atoms with Gasteiger partial charge in [-0.25, -0.2) is 14.7 Å². The molecule has 0 aromatic carbocycles. The standard InChI is InChI=1S/C21H33N3O3/c1-15-10-16(19(25)24(12-15)20(26)27-21(2,3)4)11-17-13-23(14-22-17)18-8-6-5-7-9-18/h13-16,18H,5-12H2,1-4H3/t15-,16?/m0/s1. The van der Waals surface area contributed by atoms with Crippen LogP contribution < -0.4 is 0 Å². The van der Waals surface area contributed by atoms with E-state index in [2.05, 4.69) is 22.7 Å². The number of ether oxygens (including phenoxy) is 1. The molecule has 1 aliphatic heterocycles. The van der Waals surface area contributed by atoms with Gasteiger partial charge in [0.25, 0.3) is 0 Å². The lowest BCUT2D eigenvalue weighted by Crippen LogP contribution is -2.50. The van der Waals surface area contributed by atoms with Crippen LogP contribution in [0.3, 0.4) is 0 Å². The lowest BCUT2D eigenvalue weighted by molar-refractivity contribution is -0.138. The molecule has 2 aliphatic rings. The van der Waals surface area contributed by atoms with Crippen molar-refractivity contribution in [1.82, 2.24) is 14.5 Å². The summed E-state index contributed by atoms with van der Waals surface area (Å²) in [5.74, 6) is -0.0776. The fourth-order valence-electron chi connectivity index (χ4n) is 4.25. The van der Waals surface area contributed by atoms with E-state index in [9.17, 15) is 9.59 Å². The first-order chi connectivity index (χ1) is 12.7. The van der Waals surface area contributed by atoms with E-state index in [1.54, 1.807) is 0 Å². The monoisotopic (exact) mass is 375 g/mol. The number of nitrogens with zero attached hydrogens (tertiary/aromatic N) is 3. The topological polar surface area (TPSA) is 64.4 Å². The smallest absolute Gasteiger partial charge is 0.417 e. The zero-order valence-electron chi connectivity index (χ0n) is 17.1. The van der Waals surface area contributed by atoms with Gasteiger partial charge in [-0.05, 0) is 46.0 Å². The fourth-order valence-corrected chi connectivity index (χ4v) is 4.25. The summed E-state index contributed by atoms with van der Waals surface area (Å²) in [4.78, 5) is 31.2. The van der Waals surface area contributed by atoms with E-state index in [4.69, 9.17) is 4.74 Å². The zero-order chi connectivity index (χ0) is 19.6. The Morgan fingerprint density at radius 1 is 1.26 bits per heavy atom. The lowest BCUT2D eigenvalue weighted by Gasteiger charge is -2.35. The van der Waals surface area contributed by atoms with Crippen LogP contribution in [0.2, 0.25) is 0 Å². The van der Waals surface area contributed by atoms with Gasteiger partial charge in [0.15, 0.2) is 0 Å². The second kappa shape index (κ2) is 8.03. The Labute approximate surface area is 162 Å². The highest BCUT2D eigenvalue weighted by atomic mass is 16.6. The van der Waals surface area contributed by atoms with Crippen molar-refractivity contribution in [1.29, 1.82) is 0 Å². The molecule has 27 heavy (non-hydrogen) atoms. The van der Waals surface area contributed by atoms with Crippen LogP contribution in [0.4, 0.5) is 4.79 Å². The Bertz CT molecular complexity index is 670.